The standard InChI is InChI=1S/C46H74O16/c1-19-8-11-31(59-41(19)62-42-34(50)21(3)33(49)22(4)56-42)20(2)26-9-10-27-25-17-30(48)29-16-24(12-14-46(29,7)28(25)13-15-45(26,27)6)58-44-39(55)37(53)40(32(18-47)60-44)61-43-38(54)36(52)35(51)23(5)57-43/h17,19-24,26-29,31-44,47,49-55H,8-16,18H2,1-7H3/t19?,20?,21?,22?,23?,24?,26?,27?,28?,29?,31-,32?,33?,34?,35?,36?,37?,38?,39?,40?,41-,42?,43?,44?,45?,46?/m0/s1. The van der Waals surface area contributed by atoms with Crippen molar-refractivity contribution in [2.75, 3.05) is 6.61 Å². The fourth-order valence-corrected chi connectivity index (χ4v) is 13.4. The Bertz CT molecular complexity index is 1610. The van der Waals surface area contributed by atoms with Crippen molar-refractivity contribution < 1.29 is 78.8 Å². The van der Waals surface area contributed by atoms with Gasteiger partial charge in [0.05, 0.1) is 37.1 Å². The van der Waals surface area contributed by atoms with Crippen molar-refractivity contribution in [2.45, 2.75) is 211 Å². The summed E-state index contributed by atoms with van der Waals surface area (Å²) in [6, 6.07) is 0. The minimum atomic E-state index is -1.66. The van der Waals surface area contributed by atoms with Crippen LogP contribution in [0.1, 0.15) is 106 Å². The zero-order valence-corrected chi connectivity index (χ0v) is 37.3. The molecule has 4 saturated heterocycles. The second-order valence-electron chi connectivity index (χ2n) is 21.1. The van der Waals surface area contributed by atoms with Gasteiger partial charge >= 0.3 is 0 Å². The largest absolute Gasteiger partial charge is 0.394 e. The molecule has 0 aromatic heterocycles. The third-order valence-corrected chi connectivity index (χ3v) is 17.5. The van der Waals surface area contributed by atoms with E-state index in [-0.39, 0.29) is 58.2 Å². The molecule has 3 saturated carbocycles. The fourth-order valence-electron chi connectivity index (χ4n) is 13.4. The van der Waals surface area contributed by atoms with Crippen molar-refractivity contribution in [3.8, 4) is 0 Å². The molecule has 16 heteroatoms. The highest BCUT2D eigenvalue weighted by molar-refractivity contribution is 5.94. The molecule has 7 fully saturated rings. The van der Waals surface area contributed by atoms with E-state index in [2.05, 4.69) is 27.7 Å². The van der Waals surface area contributed by atoms with E-state index in [0.29, 0.717) is 18.8 Å². The van der Waals surface area contributed by atoms with E-state index < -0.39 is 105 Å². The first-order chi connectivity index (χ1) is 29.3. The van der Waals surface area contributed by atoms with Gasteiger partial charge in [-0.15, -0.1) is 0 Å². The molecule has 4 heterocycles. The van der Waals surface area contributed by atoms with E-state index in [1.807, 2.05) is 6.08 Å². The molecule has 0 aromatic carbocycles. The Morgan fingerprint density at radius 3 is 1.98 bits per heavy atom. The van der Waals surface area contributed by atoms with Gasteiger partial charge in [0.25, 0.3) is 0 Å². The summed E-state index contributed by atoms with van der Waals surface area (Å²) in [5, 5.41) is 84.7. The number of rotatable bonds is 9. The zero-order chi connectivity index (χ0) is 44.7. The van der Waals surface area contributed by atoms with E-state index in [1.165, 1.54) is 12.5 Å². The summed E-state index contributed by atoms with van der Waals surface area (Å²) < 4.78 is 42.6. The molecule has 8 N–H and O–H groups in total. The molecule has 0 spiro atoms. The molecule has 4 aliphatic heterocycles. The molecule has 8 aliphatic rings. The highest BCUT2D eigenvalue weighted by Crippen LogP contribution is 2.67. The predicted octanol–water partition coefficient (Wildman–Crippen LogP) is 1.68. The lowest BCUT2D eigenvalue weighted by atomic mass is 9.47. The topological polar surface area (TPSA) is 244 Å². The maximum absolute atomic E-state index is 14.3. The molecule has 0 aromatic rings. The molecule has 4 aliphatic carbocycles. The van der Waals surface area contributed by atoms with Crippen molar-refractivity contribution in [1.82, 2.24) is 0 Å². The summed E-state index contributed by atoms with van der Waals surface area (Å²) in [6.07, 6.45) is -8.52. The number of carbonyl (C=O) groups excluding carboxylic acids is 1. The SMILES string of the molecule is CC1OC(O[C@@H]2O[C@H](C(C)C3CCC4C5=CC(=O)C6CC(OC7OC(CO)C(OC8OC(C)C(O)C(O)C8O)C(O)C7O)CCC6(C)C5CCC43C)CCC2C)C(O)C(C)C1O. The van der Waals surface area contributed by atoms with E-state index in [9.17, 15) is 45.6 Å². The average Bonchev–Trinajstić information content (AvgIpc) is 3.61. The Balaban J connectivity index is 0.899. The third kappa shape index (κ3) is 8.20. The fraction of sp³-hybridized carbons (Fsp3) is 0.935. The van der Waals surface area contributed by atoms with Crippen molar-refractivity contribution in [3.05, 3.63) is 11.6 Å². The molecule has 26 atom stereocenters. The Kier molecular flexibility index (Phi) is 13.8. The van der Waals surface area contributed by atoms with Gasteiger partial charge in [-0.25, -0.2) is 0 Å². The highest BCUT2D eigenvalue weighted by atomic mass is 16.8. The Morgan fingerprint density at radius 2 is 1.27 bits per heavy atom. The number of aliphatic hydroxyl groups excluding tert-OH is 8. The van der Waals surface area contributed by atoms with Crippen LogP contribution in [-0.4, -0.2) is 158 Å². The number of fused-ring (bicyclic) bond motifs is 5. The Labute approximate surface area is 365 Å². The maximum atomic E-state index is 14.3. The van der Waals surface area contributed by atoms with Crippen molar-refractivity contribution in [1.29, 1.82) is 0 Å². The normalized spacial score (nSPS) is 55.1. The van der Waals surface area contributed by atoms with Crippen LogP contribution in [0.15, 0.2) is 11.6 Å². The Morgan fingerprint density at radius 1 is 0.645 bits per heavy atom. The van der Waals surface area contributed by atoms with Crippen LogP contribution in [0.2, 0.25) is 0 Å². The van der Waals surface area contributed by atoms with Gasteiger partial charge < -0.3 is 74.0 Å². The maximum Gasteiger partial charge on any atom is 0.187 e. The van der Waals surface area contributed by atoms with Crippen LogP contribution in [0.4, 0.5) is 0 Å². The minimum absolute atomic E-state index is 0.00137. The number of hydrogen-bond donors (Lipinski definition) is 8. The van der Waals surface area contributed by atoms with Gasteiger partial charge in [0.15, 0.2) is 30.9 Å². The Hall–Kier alpha value is -1.19. The van der Waals surface area contributed by atoms with Crippen LogP contribution in [0.3, 0.4) is 0 Å². The van der Waals surface area contributed by atoms with Crippen LogP contribution >= 0.6 is 0 Å². The first kappa shape index (κ1) is 47.3. The number of allylic oxidation sites excluding steroid dienone is 2. The van der Waals surface area contributed by atoms with E-state index >= 15 is 0 Å². The van der Waals surface area contributed by atoms with Crippen molar-refractivity contribution >= 4 is 5.78 Å². The van der Waals surface area contributed by atoms with E-state index in [4.69, 9.17) is 33.2 Å². The molecule has 354 valence electrons. The second-order valence-corrected chi connectivity index (χ2v) is 21.1. The van der Waals surface area contributed by atoms with Crippen LogP contribution in [-0.2, 0) is 38.0 Å². The van der Waals surface area contributed by atoms with Gasteiger partial charge in [0, 0.05) is 17.8 Å². The van der Waals surface area contributed by atoms with Gasteiger partial charge in [-0.1, -0.05) is 40.2 Å². The van der Waals surface area contributed by atoms with Crippen LogP contribution < -0.4 is 0 Å². The van der Waals surface area contributed by atoms with Gasteiger partial charge in [-0.2, -0.15) is 0 Å². The lowest BCUT2D eigenvalue weighted by Crippen LogP contribution is -2.64. The van der Waals surface area contributed by atoms with Crippen molar-refractivity contribution in [2.24, 2.45) is 52.3 Å². The number of hydrogen-bond acceptors (Lipinski definition) is 16. The molecule has 0 radical (unpaired) electrons. The number of carbonyl (C=O) groups is 1. The molecule has 24 unspecified atom stereocenters. The predicted molar refractivity (Wildman–Crippen MR) is 218 cm³/mol. The summed E-state index contributed by atoms with van der Waals surface area (Å²) in [7, 11) is 0. The van der Waals surface area contributed by atoms with Crippen molar-refractivity contribution in [3.63, 3.8) is 0 Å². The van der Waals surface area contributed by atoms with E-state index in [1.54, 1.807) is 13.8 Å². The molecule has 8 rings (SSSR count). The molecular formula is C46H74O16. The summed E-state index contributed by atoms with van der Waals surface area (Å²) >= 11 is 0. The molecule has 16 nitrogen and oxygen atoms in total. The number of ether oxygens (including phenoxy) is 7. The smallest absolute Gasteiger partial charge is 0.187 e. The lowest BCUT2D eigenvalue weighted by molar-refractivity contribution is -0.361. The van der Waals surface area contributed by atoms with Gasteiger partial charge in [-0.05, 0) is 112 Å². The summed E-state index contributed by atoms with van der Waals surface area (Å²) in [5.41, 5.74) is 1.02. The monoisotopic (exact) mass is 882 g/mol. The van der Waals surface area contributed by atoms with Crippen LogP contribution in [0.25, 0.3) is 0 Å². The van der Waals surface area contributed by atoms with Crippen LogP contribution in [0, 0.1) is 52.3 Å². The summed E-state index contributed by atoms with van der Waals surface area (Å²) in [4.78, 5) is 14.3. The van der Waals surface area contributed by atoms with Gasteiger partial charge in [0.2, 0.25) is 0 Å². The quantitative estimate of drug-likeness (QED) is 0.164. The first-order valence-electron chi connectivity index (χ1n) is 23.5. The first-order valence-corrected chi connectivity index (χ1v) is 23.5. The highest BCUT2D eigenvalue weighted by Gasteiger charge is 2.61. The molecular weight excluding hydrogens is 808 g/mol. The molecule has 62 heavy (non-hydrogen) atoms. The number of ketones is 1. The summed E-state index contributed by atoms with van der Waals surface area (Å²) in [5.74, 6) is 0.701. The molecule has 0 amide bonds. The second kappa shape index (κ2) is 18.1. The van der Waals surface area contributed by atoms with Crippen LogP contribution in [0.5, 0.6) is 0 Å². The number of aliphatic hydroxyl groups is 8. The summed E-state index contributed by atoms with van der Waals surface area (Å²) in [6.45, 7) is 13.6. The van der Waals surface area contributed by atoms with Gasteiger partial charge in [-0.3, -0.25) is 4.79 Å². The average molecular weight is 883 g/mol. The minimum Gasteiger partial charge on any atom is -0.394 e. The van der Waals surface area contributed by atoms with Gasteiger partial charge in [0.1, 0.15) is 48.8 Å². The third-order valence-electron chi connectivity index (χ3n) is 17.5. The van der Waals surface area contributed by atoms with E-state index in [0.717, 1.165) is 44.9 Å². The lowest BCUT2D eigenvalue weighted by Gasteiger charge is -2.57. The zero-order valence-electron chi connectivity index (χ0n) is 37.3. The molecule has 0 bridgehead atoms.